The minimum Gasteiger partial charge on any atom is -0.496 e. The number of halogens is 1. The minimum absolute atomic E-state index is 0.683. The Bertz CT molecular complexity index is 435. The number of methoxy groups -OCH3 is 1. The second-order valence-corrected chi connectivity index (χ2v) is 6.63. The van der Waals surface area contributed by atoms with Crippen LogP contribution in [-0.4, -0.2) is 19.7 Å². The van der Waals surface area contributed by atoms with Gasteiger partial charge in [0.2, 0.25) is 0 Å². The molecular formula is C18H28ClNO. The molecule has 0 radical (unpaired) electrons. The summed E-state index contributed by atoms with van der Waals surface area (Å²) in [6.07, 6.45) is 8.90. The van der Waals surface area contributed by atoms with Gasteiger partial charge in [0, 0.05) is 11.1 Å². The highest BCUT2D eigenvalue weighted by Gasteiger charge is 2.21. The van der Waals surface area contributed by atoms with Gasteiger partial charge in [0.1, 0.15) is 5.75 Å². The van der Waals surface area contributed by atoms with E-state index in [0.717, 1.165) is 29.7 Å². The summed E-state index contributed by atoms with van der Waals surface area (Å²) in [5.41, 5.74) is 1.26. The Balaban J connectivity index is 2.01. The molecule has 1 N–H and O–H groups in total. The van der Waals surface area contributed by atoms with Crippen LogP contribution in [0.5, 0.6) is 5.75 Å². The Kier molecular flexibility index (Phi) is 6.85. The molecule has 1 aromatic carbocycles. The lowest BCUT2D eigenvalue weighted by Crippen LogP contribution is -2.31. The van der Waals surface area contributed by atoms with Crippen LogP contribution < -0.4 is 10.1 Å². The Morgan fingerprint density at radius 2 is 2.10 bits per heavy atom. The zero-order chi connectivity index (χ0) is 15.1. The predicted octanol–water partition coefficient (Wildman–Crippen LogP) is 4.84. The molecule has 0 bridgehead atoms. The zero-order valence-electron chi connectivity index (χ0n) is 13.3. The summed E-state index contributed by atoms with van der Waals surface area (Å²) in [6.45, 7) is 3.37. The molecule has 1 saturated carbocycles. The molecule has 21 heavy (non-hydrogen) atoms. The number of nitrogens with one attached hydrogen (secondary N) is 1. The third-order valence-electron chi connectivity index (χ3n) is 4.47. The lowest BCUT2D eigenvalue weighted by Gasteiger charge is -2.22. The number of rotatable bonds is 6. The van der Waals surface area contributed by atoms with Crippen molar-refractivity contribution >= 4 is 11.6 Å². The Labute approximate surface area is 134 Å². The maximum Gasteiger partial charge on any atom is 0.122 e. The molecule has 1 aliphatic carbocycles. The molecule has 2 unspecified atom stereocenters. The first-order chi connectivity index (χ1) is 10.2. The van der Waals surface area contributed by atoms with Gasteiger partial charge in [-0.25, -0.2) is 0 Å². The summed E-state index contributed by atoms with van der Waals surface area (Å²) in [6, 6.07) is 6.64. The largest absolute Gasteiger partial charge is 0.496 e. The van der Waals surface area contributed by atoms with Gasteiger partial charge in [-0.05, 0) is 61.9 Å². The van der Waals surface area contributed by atoms with Crippen LogP contribution in [0.3, 0.4) is 0 Å². The van der Waals surface area contributed by atoms with E-state index in [-0.39, 0.29) is 0 Å². The lowest BCUT2D eigenvalue weighted by atomic mass is 9.90. The third-order valence-corrected chi connectivity index (χ3v) is 4.70. The first-order valence-electron chi connectivity index (χ1n) is 8.28. The first kappa shape index (κ1) is 16.6. The summed E-state index contributed by atoms with van der Waals surface area (Å²) in [5, 5.41) is 4.52. The van der Waals surface area contributed by atoms with E-state index in [9.17, 15) is 0 Å². The molecule has 1 fully saturated rings. The van der Waals surface area contributed by atoms with E-state index >= 15 is 0 Å². The Hall–Kier alpha value is -0.730. The quantitative estimate of drug-likeness (QED) is 0.759. The summed E-state index contributed by atoms with van der Waals surface area (Å²) in [7, 11) is 1.74. The molecule has 0 saturated heterocycles. The topological polar surface area (TPSA) is 21.3 Å². The number of hydrogen-bond acceptors (Lipinski definition) is 2. The van der Waals surface area contributed by atoms with E-state index < -0.39 is 0 Å². The number of hydrogen-bond donors (Lipinski definition) is 1. The molecule has 2 rings (SSSR count). The van der Waals surface area contributed by atoms with Crippen molar-refractivity contribution in [2.45, 2.75) is 57.9 Å². The third kappa shape index (κ3) is 5.19. The molecular weight excluding hydrogens is 282 g/mol. The molecule has 1 aromatic rings. The molecule has 2 atom stereocenters. The number of ether oxygens (including phenoxy) is 1. The molecule has 0 aromatic heterocycles. The molecule has 0 spiro atoms. The van der Waals surface area contributed by atoms with Crippen molar-refractivity contribution in [3.8, 4) is 5.75 Å². The van der Waals surface area contributed by atoms with Gasteiger partial charge in [0.25, 0.3) is 0 Å². The second-order valence-electron chi connectivity index (χ2n) is 6.20. The number of benzene rings is 1. The fourth-order valence-electron chi connectivity index (χ4n) is 3.40. The van der Waals surface area contributed by atoms with Crippen LogP contribution in [0.15, 0.2) is 18.2 Å². The Morgan fingerprint density at radius 3 is 2.86 bits per heavy atom. The van der Waals surface area contributed by atoms with Crippen molar-refractivity contribution in [1.29, 1.82) is 0 Å². The smallest absolute Gasteiger partial charge is 0.122 e. The average Bonchev–Trinajstić information content (AvgIpc) is 2.70. The standard InChI is InChI=1S/C18H28ClNO/c1-3-10-20-17-7-5-4-6-14(12-17)11-15-13-16(19)8-9-18(15)21-2/h8-9,13-14,17,20H,3-7,10-12H2,1-2H3. The van der Waals surface area contributed by atoms with Crippen molar-refractivity contribution in [2.24, 2.45) is 5.92 Å². The fraction of sp³-hybridized carbons (Fsp3) is 0.667. The van der Waals surface area contributed by atoms with E-state index in [1.54, 1.807) is 7.11 Å². The maximum absolute atomic E-state index is 6.15. The summed E-state index contributed by atoms with van der Waals surface area (Å²) in [4.78, 5) is 0. The van der Waals surface area contributed by atoms with Gasteiger partial charge in [0.15, 0.2) is 0 Å². The van der Waals surface area contributed by atoms with Crippen LogP contribution in [0.25, 0.3) is 0 Å². The predicted molar refractivity (Wildman–Crippen MR) is 90.4 cm³/mol. The van der Waals surface area contributed by atoms with E-state index in [2.05, 4.69) is 18.3 Å². The van der Waals surface area contributed by atoms with Crippen LogP contribution in [0.2, 0.25) is 5.02 Å². The van der Waals surface area contributed by atoms with Crippen LogP contribution >= 0.6 is 11.6 Å². The molecule has 118 valence electrons. The van der Waals surface area contributed by atoms with E-state index in [1.807, 2.05) is 12.1 Å². The van der Waals surface area contributed by atoms with Crippen LogP contribution in [0, 0.1) is 5.92 Å². The van der Waals surface area contributed by atoms with Crippen molar-refractivity contribution in [2.75, 3.05) is 13.7 Å². The zero-order valence-corrected chi connectivity index (χ0v) is 14.1. The molecule has 1 aliphatic rings. The first-order valence-corrected chi connectivity index (χ1v) is 8.66. The highest BCUT2D eigenvalue weighted by Crippen LogP contribution is 2.31. The minimum atomic E-state index is 0.683. The van der Waals surface area contributed by atoms with Crippen LogP contribution in [-0.2, 0) is 6.42 Å². The molecule has 3 heteroatoms. The van der Waals surface area contributed by atoms with Gasteiger partial charge in [-0.2, -0.15) is 0 Å². The van der Waals surface area contributed by atoms with Crippen LogP contribution in [0.4, 0.5) is 0 Å². The van der Waals surface area contributed by atoms with E-state index in [0.29, 0.717) is 6.04 Å². The van der Waals surface area contributed by atoms with Gasteiger partial charge < -0.3 is 10.1 Å². The van der Waals surface area contributed by atoms with Crippen molar-refractivity contribution in [3.05, 3.63) is 28.8 Å². The molecule has 0 aliphatic heterocycles. The average molecular weight is 310 g/mol. The fourth-order valence-corrected chi connectivity index (χ4v) is 3.59. The van der Waals surface area contributed by atoms with Gasteiger partial charge >= 0.3 is 0 Å². The van der Waals surface area contributed by atoms with E-state index in [4.69, 9.17) is 16.3 Å². The summed E-state index contributed by atoms with van der Waals surface area (Å²) in [5.74, 6) is 1.70. The van der Waals surface area contributed by atoms with Crippen LogP contribution in [0.1, 0.15) is 51.0 Å². The van der Waals surface area contributed by atoms with Gasteiger partial charge in [-0.1, -0.05) is 37.8 Å². The SMILES string of the molecule is CCCNC1CCCCC(Cc2cc(Cl)ccc2OC)C1. The highest BCUT2D eigenvalue weighted by molar-refractivity contribution is 6.30. The lowest BCUT2D eigenvalue weighted by molar-refractivity contribution is 0.372. The van der Waals surface area contributed by atoms with E-state index in [1.165, 1.54) is 44.1 Å². The molecule has 2 nitrogen and oxygen atoms in total. The normalized spacial score (nSPS) is 22.8. The Morgan fingerprint density at radius 1 is 1.29 bits per heavy atom. The summed E-state index contributed by atoms with van der Waals surface area (Å²) < 4.78 is 5.49. The van der Waals surface area contributed by atoms with Gasteiger partial charge in [-0.3, -0.25) is 0 Å². The monoisotopic (exact) mass is 309 g/mol. The van der Waals surface area contributed by atoms with Crippen molar-refractivity contribution in [3.63, 3.8) is 0 Å². The van der Waals surface area contributed by atoms with Crippen molar-refractivity contribution < 1.29 is 4.74 Å². The summed E-state index contributed by atoms with van der Waals surface area (Å²) >= 11 is 6.15. The second kappa shape index (κ2) is 8.65. The maximum atomic E-state index is 6.15. The van der Waals surface area contributed by atoms with Crippen molar-refractivity contribution in [1.82, 2.24) is 5.32 Å². The molecule has 0 amide bonds. The van der Waals surface area contributed by atoms with Gasteiger partial charge in [-0.15, -0.1) is 0 Å². The molecule has 0 heterocycles. The van der Waals surface area contributed by atoms with Gasteiger partial charge in [0.05, 0.1) is 7.11 Å². The highest BCUT2D eigenvalue weighted by atomic mass is 35.5.